The third-order valence-corrected chi connectivity index (χ3v) is 3.76. The minimum absolute atomic E-state index is 0.102. The summed E-state index contributed by atoms with van der Waals surface area (Å²) in [6.45, 7) is 0.606. The Morgan fingerprint density at radius 3 is 2.95 bits per heavy atom. The van der Waals surface area contributed by atoms with E-state index in [9.17, 15) is 13.6 Å². The molecule has 6 heteroatoms. The highest BCUT2D eigenvalue weighted by Gasteiger charge is 2.22. The molecule has 2 atom stereocenters. The average Bonchev–Trinajstić information content (AvgIpc) is 2.46. The van der Waals surface area contributed by atoms with Gasteiger partial charge < -0.3 is 15.4 Å². The van der Waals surface area contributed by atoms with Crippen molar-refractivity contribution in [1.82, 2.24) is 10.6 Å². The SMILES string of the molecule is CC1CCCNC1CNC(=O)c1ccccc1OC(F)F. The van der Waals surface area contributed by atoms with E-state index in [2.05, 4.69) is 22.3 Å². The van der Waals surface area contributed by atoms with Crippen LogP contribution in [0.15, 0.2) is 24.3 Å². The molecule has 1 amide bonds. The van der Waals surface area contributed by atoms with E-state index in [0.717, 1.165) is 19.4 Å². The van der Waals surface area contributed by atoms with Crippen LogP contribution in [0.5, 0.6) is 5.75 Å². The van der Waals surface area contributed by atoms with Gasteiger partial charge in [0.15, 0.2) is 0 Å². The average molecular weight is 298 g/mol. The van der Waals surface area contributed by atoms with Gasteiger partial charge in [-0.1, -0.05) is 19.1 Å². The highest BCUT2D eigenvalue weighted by atomic mass is 19.3. The number of alkyl halides is 2. The smallest absolute Gasteiger partial charge is 0.387 e. The molecule has 0 spiro atoms. The largest absolute Gasteiger partial charge is 0.434 e. The van der Waals surface area contributed by atoms with Gasteiger partial charge in [0.25, 0.3) is 5.91 Å². The van der Waals surface area contributed by atoms with Gasteiger partial charge in [0.2, 0.25) is 0 Å². The van der Waals surface area contributed by atoms with Gasteiger partial charge in [0.05, 0.1) is 5.56 Å². The molecule has 0 aromatic heterocycles. The Morgan fingerprint density at radius 2 is 2.24 bits per heavy atom. The van der Waals surface area contributed by atoms with Crippen LogP contribution in [-0.4, -0.2) is 31.7 Å². The normalized spacial score (nSPS) is 22.1. The molecule has 1 aromatic carbocycles. The number of amides is 1. The molecule has 1 saturated heterocycles. The summed E-state index contributed by atoms with van der Waals surface area (Å²) in [5, 5.41) is 6.14. The van der Waals surface area contributed by atoms with E-state index in [4.69, 9.17) is 0 Å². The molecule has 2 unspecified atom stereocenters. The van der Waals surface area contributed by atoms with E-state index < -0.39 is 12.5 Å². The maximum Gasteiger partial charge on any atom is 0.387 e. The monoisotopic (exact) mass is 298 g/mol. The fraction of sp³-hybridized carbons (Fsp3) is 0.533. The number of rotatable bonds is 5. The molecule has 1 heterocycles. The summed E-state index contributed by atoms with van der Waals surface area (Å²) < 4.78 is 29.0. The Morgan fingerprint density at radius 1 is 1.48 bits per heavy atom. The highest BCUT2D eigenvalue weighted by Crippen LogP contribution is 2.20. The molecule has 2 N–H and O–H groups in total. The van der Waals surface area contributed by atoms with Gasteiger partial charge >= 0.3 is 6.61 Å². The van der Waals surface area contributed by atoms with E-state index in [1.54, 1.807) is 12.1 Å². The Balaban J connectivity index is 1.96. The number of halogens is 2. The van der Waals surface area contributed by atoms with Crippen molar-refractivity contribution in [2.24, 2.45) is 5.92 Å². The fourth-order valence-electron chi connectivity index (χ4n) is 2.54. The second kappa shape index (κ2) is 7.36. The zero-order chi connectivity index (χ0) is 15.2. The number of carbonyl (C=O) groups excluding carboxylic acids is 1. The van der Waals surface area contributed by atoms with Crippen LogP contribution in [-0.2, 0) is 0 Å². The van der Waals surface area contributed by atoms with Gasteiger partial charge in [-0.3, -0.25) is 4.79 Å². The number of hydrogen-bond donors (Lipinski definition) is 2. The maximum atomic E-state index is 12.3. The third kappa shape index (κ3) is 4.39. The van der Waals surface area contributed by atoms with Crippen LogP contribution in [0.25, 0.3) is 0 Å². The van der Waals surface area contributed by atoms with Crippen LogP contribution in [0, 0.1) is 5.92 Å². The summed E-state index contributed by atoms with van der Waals surface area (Å²) >= 11 is 0. The molecular formula is C15H20F2N2O2. The van der Waals surface area contributed by atoms with Crippen LogP contribution < -0.4 is 15.4 Å². The van der Waals surface area contributed by atoms with Gasteiger partial charge in [-0.05, 0) is 37.4 Å². The van der Waals surface area contributed by atoms with Gasteiger partial charge in [-0.2, -0.15) is 8.78 Å². The van der Waals surface area contributed by atoms with Crippen LogP contribution in [0.2, 0.25) is 0 Å². The van der Waals surface area contributed by atoms with Gasteiger partial charge in [0, 0.05) is 12.6 Å². The molecule has 21 heavy (non-hydrogen) atoms. The van der Waals surface area contributed by atoms with E-state index in [1.165, 1.54) is 12.1 Å². The second-order valence-electron chi connectivity index (χ2n) is 5.26. The first-order valence-corrected chi connectivity index (χ1v) is 7.13. The topological polar surface area (TPSA) is 50.4 Å². The van der Waals surface area contributed by atoms with Crippen molar-refractivity contribution in [3.8, 4) is 5.75 Å². The van der Waals surface area contributed by atoms with E-state index >= 15 is 0 Å². The lowest BCUT2D eigenvalue weighted by molar-refractivity contribution is -0.0501. The summed E-state index contributed by atoms with van der Waals surface area (Å²) in [6, 6.07) is 6.23. The number of hydrogen-bond acceptors (Lipinski definition) is 3. The summed E-state index contributed by atoms with van der Waals surface area (Å²) in [4.78, 5) is 12.1. The van der Waals surface area contributed by atoms with Crippen molar-refractivity contribution in [2.75, 3.05) is 13.1 Å². The van der Waals surface area contributed by atoms with Crippen LogP contribution >= 0.6 is 0 Å². The molecule has 0 bridgehead atoms. The Kier molecular flexibility index (Phi) is 5.50. The lowest BCUT2D eigenvalue weighted by Gasteiger charge is -2.30. The molecule has 0 radical (unpaired) electrons. The van der Waals surface area contributed by atoms with Gasteiger partial charge in [-0.15, -0.1) is 0 Å². The Labute approximate surface area is 122 Å². The zero-order valence-electron chi connectivity index (χ0n) is 11.9. The first-order chi connectivity index (χ1) is 10.1. The van der Waals surface area contributed by atoms with Gasteiger partial charge in [0.1, 0.15) is 5.75 Å². The molecule has 0 aliphatic carbocycles. The number of benzene rings is 1. The van der Waals surface area contributed by atoms with E-state index in [0.29, 0.717) is 12.5 Å². The van der Waals surface area contributed by atoms with Crippen molar-refractivity contribution >= 4 is 5.91 Å². The summed E-state index contributed by atoms with van der Waals surface area (Å²) in [7, 11) is 0. The summed E-state index contributed by atoms with van der Waals surface area (Å²) in [5.74, 6) is -0.0212. The summed E-state index contributed by atoms with van der Waals surface area (Å²) in [6.07, 6.45) is 2.26. The first kappa shape index (κ1) is 15.7. The van der Waals surface area contributed by atoms with Crippen LogP contribution in [0.3, 0.4) is 0 Å². The molecule has 1 aromatic rings. The molecule has 0 saturated carbocycles. The van der Waals surface area contributed by atoms with E-state index in [1.807, 2.05) is 0 Å². The fourth-order valence-corrected chi connectivity index (χ4v) is 2.54. The highest BCUT2D eigenvalue weighted by molar-refractivity contribution is 5.96. The number of carbonyl (C=O) groups is 1. The van der Waals surface area contributed by atoms with Crippen molar-refractivity contribution < 1.29 is 18.3 Å². The molecule has 4 nitrogen and oxygen atoms in total. The number of nitrogens with one attached hydrogen (secondary N) is 2. The Bertz CT molecular complexity index is 482. The van der Waals surface area contributed by atoms with E-state index in [-0.39, 0.29) is 17.4 Å². The quantitative estimate of drug-likeness (QED) is 0.877. The number of piperidine rings is 1. The van der Waals surface area contributed by atoms with Crippen LogP contribution in [0.1, 0.15) is 30.1 Å². The van der Waals surface area contributed by atoms with Gasteiger partial charge in [-0.25, -0.2) is 0 Å². The molecular weight excluding hydrogens is 278 g/mol. The zero-order valence-corrected chi connectivity index (χ0v) is 11.9. The lowest BCUT2D eigenvalue weighted by atomic mass is 9.93. The molecule has 1 aliphatic heterocycles. The third-order valence-electron chi connectivity index (χ3n) is 3.76. The molecule has 116 valence electrons. The van der Waals surface area contributed by atoms with Crippen molar-refractivity contribution in [3.05, 3.63) is 29.8 Å². The number of para-hydroxylation sites is 1. The minimum Gasteiger partial charge on any atom is -0.434 e. The lowest BCUT2D eigenvalue weighted by Crippen LogP contribution is -2.47. The maximum absolute atomic E-state index is 12.3. The van der Waals surface area contributed by atoms with Crippen LogP contribution in [0.4, 0.5) is 8.78 Å². The summed E-state index contributed by atoms with van der Waals surface area (Å²) in [5.41, 5.74) is 0.126. The first-order valence-electron chi connectivity index (χ1n) is 7.13. The molecule has 1 fully saturated rings. The van der Waals surface area contributed by atoms with Crippen molar-refractivity contribution in [3.63, 3.8) is 0 Å². The Hall–Kier alpha value is -1.69. The van der Waals surface area contributed by atoms with Crippen molar-refractivity contribution in [1.29, 1.82) is 0 Å². The minimum atomic E-state index is -2.95. The standard InChI is InChI=1S/C15H20F2N2O2/c1-10-5-4-8-18-12(10)9-19-14(20)11-6-2-3-7-13(11)21-15(16)17/h2-3,6-7,10,12,15,18H,4-5,8-9H2,1H3,(H,19,20). The second-order valence-corrected chi connectivity index (χ2v) is 5.26. The predicted molar refractivity (Wildman–Crippen MR) is 75.6 cm³/mol. The van der Waals surface area contributed by atoms with Crippen molar-refractivity contribution in [2.45, 2.75) is 32.4 Å². The molecule has 2 rings (SSSR count). The predicted octanol–water partition coefficient (Wildman–Crippen LogP) is 2.41. The molecule has 1 aliphatic rings. The number of ether oxygens (including phenoxy) is 1.